The first-order valence-electron chi connectivity index (χ1n) is 5.58. The van der Waals surface area contributed by atoms with E-state index >= 15 is 0 Å². The molecule has 0 heterocycles. The number of benzene rings is 2. The maximum Gasteiger partial charge on any atom is 0.337 e. The molecule has 2 aromatic carbocycles. The van der Waals surface area contributed by atoms with Gasteiger partial charge in [0.1, 0.15) is 5.82 Å². The minimum absolute atomic E-state index is 0.0292. The average Bonchev–Trinajstić information content (AvgIpc) is 2.42. The Morgan fingerprint density at radius 3 is 2.50 bits per heavy atom. The molecular formula is C14H9BrFNO3. The third-order valence-electron chi connectivity index (χ3n) is 2.59. The van der Waals surface area contributed by atoms with E-state index in [-0.39, 0.29) is 21.3 Å². The zero-order chi connectivity index (χ0) is 14.7. The standard InChI is InChI=1S/C14H9BrFNO3/c15-10-6-5-8(7-11(10)16)13(18)17-12-4-2-1-3-9(12)14(19)20/h1-7H,(H,17,18)(H,19,20). The summed E-state index contributed by atoms with van der Waals surface area (Å²) < 4.78 is 13.6. The summed E-state index contributed by atoms with van der Waals surface area (Å²) in [5.41, 5.74) is 0.234. The smallest absolute Gasteiger partial charge is 0.337 e. The molecule has 0 saturated carbocycles. The molecule has 0 aromatic heterocycles. The van der Waals surface area contributed by atoms with Gasteiger partial charge < -0.3 is 10.4 Å². The number of carbonyl (C=O) groups is 2. The van der Waals surface area contributed by atoms with Crippen LogP contribution in [0.3, 0.4) is 0 Å². The van der Waals surface area contributed by atoms with E-state index < -0.39 is 17.7 Å². The number of carboxylic acids is 1. The second-order valence-corrected chi connectivity index (χ2v) is 4.79. The zero-order valence-electron chi connectivity index (χ0n) is 10.1. The van der Waals surface area contributed by atoms with Crippen molar-refractivity contribution >= 4 is 33.5 Å². The first-order chi connectivity index (χ1) is 9.49. The Labute approximate surface area is 122 Å². The van der Waals surface area contributed by atoms with Gasteiger partial charge >= 0.3 is 5.97 Å². The first kappa shape index (κ1) is 14.2. The van der Waals surface area contributed by atoms with Crippen molar-refractivity contribution in [2.45, 2.75) is 0 Å². The number of hydrogen-bond acceptors (Lipinski definition) is 2. The summed E-state index contributed by atoms with van der Waals surface area (Å²) in [6.07, 6.45) is 0. The van der Waals surface area contributed by atoms with Crippen LogP contribution in [0.1, 0.15) is 20.7 Å². The van der Waals surface area contributed by atoms with Crippen LogP contribution in [0.5, 0.6) is 0 Å². The van der Waals surface area contributed by atoms with E-state index in [2.05, 4.69) is 21.2 Å². The summed E-state index contributed by atoms with van der Waals surface area (Å²) in [4.78, 5) is 23.0. The van der Waals surface area contributed by atoms with Crippen LogP contribution in [0.25, 0.3) is 0 Å². The lowest BCUT2D eigenvalue weighted by Crippen LogP contribution is -2.15. The van der Waals surface area contributed by atoms with Crippen LogP contribution >= 0.6 is 15.9 Å². The predicted molar refractivity (Wildman–Crippen MR) is 75.5 cm³/mol. The third-order valence-corrected chi connectivity index (χ3v) is 3.23. The van der Waals surface area contributed by atoms with Crippen molar-refractivity contribution in [1.29, 1.82) is 0 Å². The van der Waals surface area contributed by atoms with Gasteiger partial charge in [0.05, 0.1) is 15.7 Å². The lowest BCUT2D eigenvalue weighted by atomic mass is 10.1. The van der Waals surface area contributed by atoms with Crippen molar-refractivity contribution < 1.29 is 19.1 Å². The Bertz CT molecular complexity index is 688. The molecule has 0 aliphatic carbocycles. The van der Waals surface area contributed by atoms with Crippen LogP contribution in [-0.4, -0.2) is 17.0 Å². The Morgan fingerprint density at radius 2 is 1.85 bits per heavy atom. The monoisotopic (exact) mass is 337 g/mol. The number of nitrogens with one attached hydrogen (secondary N) is 1. The van der Waals surface area contributed by atoms with Crippen LogP contribution in [0.15, 0.2) is 46.9 Å². The van der Waals surface area contributed by atoms with Crippen molar-refractivity contribution in [3.05, 3.63) is 63.9 Å². The fraction of sp³-hybridized carbons (Fsp3) is 0. The van der Waals surface area contributed by atoms with E-state index in [1.165, 1.54) is 24.3 Å². The summed E-state index contributed by atoms with van der Waals surface area (Å²) in [6, 6.07) is 9.92. The SMILES string of the molecule is O=C(Nc1ccccc1C(=O)O)c1ccc(Br)c(F)c1. The lowest BCUT2D eigenvalue weighted by molar-refractivity contribution is 0.0698. The van der Waals surface area contributed by atoms with E-state index in [0.717, 1.165) is 6.07 Å². The maximum absolute atomic E-state index is 13.4. The molecule has 0 bridgehead atoms. The van der Waals surface area contributed by atoms with E-state index in [1.54, 1.807) is 12.1 Å². The average molecular weight is 338 g/mol. The fourth-order valence-electron chi connectivity index (χ4n) is 1.61. The molecule has 102 valence electrons. The Hall–Kier alpha value is -2.21. The molecule has 0 saturated heterocycles. The molecule has 2 aromatic rings. The molecule has 6 heteroatoms. The summed E-state index contributed by atoms with van der Waals surface area (Å²) in [6.45, 7) is 0. The van der Waals surface area contributed by atoms with Gasteiger partial charge in [-0.2, -0.15) is 0 Å². The van der Waals surface area contributed by atoms with Gasteiger partial charge in [0.25, 0.3) is 5.91 Å². The molecule has 2 rings (SSSR count). The third kappa shape index (κ3) is 3.03. The van der Waals surface area contributed by atoms with Crippen LogP contribution in [-0.2, 0) is 0 Å². The number of carboxylic acid groups (broad SMARTS) is 1. The minimum atomic E-state index is -1.15. The molecule has 0 aliphatic rings. The highest BCUT2D eigenvalue weighted by molar-refractivity contribution is 9.10. The molecule has 20 heavy (non-hydrogen) atoms. The normalized spacial score (nSPS) is 10.1. The highest BCUT2D eigenvalue weighted by atomic mass is 79.9. The fourth-order valence-corrected chi connectivity index (χ4v) is 1.86. The van der Waals surface area contributed by atoms with Crippen LogP contribution in [0.2, 0.25) is 0 Å². The maximum atomic E-state index is 13.4. The Kier molecular flexibility index (Phi) is 4.14. The van der Waals surface area contributed by atoms with Crippen LogP contribution in [0.4, 0.5) is 10.1 Å². The van der Waals surface area contributed by atoms with Crippen molar-refractivity contribution in [1.82, 2.24) is 0 Å². The summed E-state index contributed by atoms with van der Waals surface area (Å²) in [5.74, 6) is -2.29. The second-order valence-electron chi connectivity index (χ2n) is 3.93. The molecule has 1 amide bonds. The largest absolute Gasteiger partial charge is 0.478 e. The van der Waals surface area contributed by atoms with Crippen molar-refractivity contribution in [2.24, 2.45) is 0 Å². The molecule has 0 fully saturated rings. The first-order valence-corrected chi connectivity index (χ1v) is 6.37. The zero-order valence-corrected chi connectivity index (χ0v) is 11.6. The molecule has 0 aliphatic heterocycles. The molecule has 2 N–H and O–H groups in total. The van der Waals surface area contributed by atoms with E-state index in [0.29, 0.717) is 0 Å². The number of rotatable bonds is 3. The number of carbonyl (C=O) groups excluding carboxylic acids is 1. The van der Waals surface area contributed by atoms with E-state index in [4.69, 9.17) is 5.11 Å². The number of para-hydroxylation sites is 1. The van der Waals surface area contributed by atoms with Crippen molar-refractivity contribution in [3.63, 3.8) is 0 Å². The number of hydrogen-bond donors (Lipinski definition) is 2. The Morgan fingerprint density at radius 1 is 1.15 bits per heavy atom. The topological polar surface area (TPSA) is 66.4 Å². The van der Waals surface area contributed by atoms with Gasteiger partial charge in [-0.1, -0.05) is 12.1 Å². The number of aromatic carboxylic acids is 1. The highest BCUT2D eigenvalue weighted by Gasteiger charge is 2.13. The summed E-state index contributed by atoms with van der Waals surface area (Å²) >= 11 is 2.99. The molecule has 0 spiro atoms. The number of amides is 1. The van der Waals surface area contributed by atoms with E-state index in [1.807, 2.05) is 0 Å². The molecule has 0 unspecified atom stereocenters. The van der Waals surface area contributed by atoms with Crippen molar-refractivity contribution in [3.8, 4) is 0 Å². The van der Waals surface area contributed by atoms with Gasteiger partial charge in [0, 0.05) is 5.56 Å². The minimum Gasteiger partial charge on any atom is -0.478 e. The van der Waals surface area contributed by atoms with E-state index in [9.17, 15) is 14.0 Å². The van der Waals surface area contributed by atoms with Gasteiger partial charge in [0.15, 0.2) is 0 Å². The van der Waals surface area contributed by atoms with Gasteiger partial charge in [0.2, 0.25) is 0 Å². The number of anilines is 1. The van der Waals surface area contributed by atoms with Gasteiger partial charge in [-0.15, -0.1) is 0 Å². The predicted octanol–water partition coefficient (Wildman–Crippen LogP) is 3.54. The Balaban J connectivity index is 2.28. The van der Waals surface area contributed by atoms with Gasteiger partial charge in [-0.25, -0.2) is 9.18 Å². The molecule has 0 atom stereocenters. The van der Waals surface area contributed by atoms with Gasteiger partial charge in [-0.3, -0.25) is 4.79 Å². The summed E-state index contributed by atoms with van der Waals surface area (Å²) in [7, 11) is 0. The van der Waals surface area contributed by atoms with Crippen LogP contribution in [0, 0.1) is 5.82 Å². The second kappa shape index (κ2) is 5.83. The van der Waals surface area contributed by atoms with Gasteiger partial charge in [-0.05, 0) is 46.3 Å². The van der Waals surface area contributed by atoms with Crippen LogP contribution < -0.4 is 5.32 Å². The summed E-state index contributed by atoms with van der Waals surface area (Å²) in [5, 5.41) is 11.5. The van der Waals surface area contributed by atoms with Crippen molar-refractivity contribution in [2.75, 3.05) is 5.32 Å². The quantitative estimate of drug-likeness (QED) is 0.900. The molecule has 0 radical (unpaired) electrons. The highest BCUT2D eigenvalue weighted by Crippen LogP contribution is 2.19. The lowest BCUT2D eigenvalue weighted by Gasteiger charge is -2.08. The molecular weight excluding hydrogens is 329 g/mol. The molecule has 4 nitrogen and oxygen atoms in total. The number of halogens is 2.